The molecule has 0 aliphatic carbocycles. The molecule has 0 radical (unpaired) electrons. The summed E-state index contributed by atoms with van der Waals surface area (Å²) >= 11 is 2.13. The van der Waals surface area contributed by atoms with Gasteiger partial charge in [-0.3, -0.25) is 14.9 Å². The first-order valence-electron chi connectivity index (χ1n) is 8.31. The summed E-state index contributed by atoms with van der Waals surface area (Å²) in [5.74, 6) is -0.628. The van der Waals surface area contributed by atoms with Crippen molar-refractivity contribution < 1.29 is 19.1 Å². The Bertz CT molecular complexity index is 968. The van der Waals surface area contributed by atoms with Gasteiger partial charge in [-0.1, -0.05) is 24.3 Å². The molecule has 0 saturated carbocycles. The second kappa shape index (κ2) is 7.91. The van der Waals surface area contributed by atoms with E-state index >= 15 is 0 Å². The number of para-hydroxylation sites is 1. The highest BCUT2D eigenvalue weighted by atomic mass is 127. The van der Waals surface area contributed by atoms with E-state index in [0.717, 1.165) is 19.8 Å². The smallest absolute Gasteiger partial charge is 0.335 e. The van der Waals surface area contributed by atoms with Gasteiger partial charge in [0.2, 0.25) is 0 Å². The van der Waals surface area contributed by atoms with Crippen LogP contribution in [0.2, 0.25) is 0 Å². The molecule has 0 unspecified atom stereocenters. The lowest BCUT2D eigenvalue weighted by atomic mass is 10.1. The van der Waals surface area contributed by atoms with Crippen LogP contribution in [0.5, 0.6) is 5.75 Å². The van der Waals surface area contributed by atoms with Gasteiger partial charge in [0.25, 0.3) is 11.8 Å². The Kier molecular flexibility index (Phi) is 5.59. The number of benzene rings is 2. The molecule has 1 fully saturated rings. The van der Waals surface area contributed by atoms with Crippen molar-refractivity contribution in [1.82, 2.24) is 5.32 Å². The van der Waals surface area contributed by atoms with Crippen LogP contribution in [-0.2, 0) is 9.59 Å². The fourth-order valence-electron chi connectivity index (χ4n) is 2.74. The molecule has 0 aromatic heterocycles. The van der Waals surface area contributed by atoms with Crippen molar-refractivity contribution >= 4 is 52.2 Å². The number of carbonyl (C=O) groups is 3. The molecular formula is C20H17IN2O4. The summed E-state index contributed by atoms with van der Waals surface area (Å²) in [7, 11) is 0. The van der Waals surface area contributed by atoms with Crippen LogP contribution in [0.25, 0.3) is 6.08 Å². The molecule has 0 bridgehead atoms. The van der Waals surface area contributed by atoms with E-state index in [0.29, 0.717) is 17.9 Å². The van der Waals surface area contributed by atoms with Gasteiger partial charge in [-0.15, -0.1) is 0 Å². The highest BCUT2D eigenvalue weighted by molar-refractivity contribution is 14.1. The second-order valence-corrected chi connectivity index (χ2v) is 7.03. The number of amides is 4. The molecule has 3 rings (SSSR count). The summed E-state index contributed by atoms with van der Waals surface area (Å²) in [4.78, 5) is 38.4. The van der Waals surface area contributed by atoms with Crippen LogP contribution in [0.3, 0.4) is 0 Å². The molecule has 1 heterocycles. The number of barbiturate groups is 1. The highest BCUT2D eigenvalue weighted by Crippen LogP contribution is 2.27. The highest BCUT2D eigenvalue weighted by Gasteiger charge is 2.37. The first-order chi connectivity index (χ1) is 12.9. The van der Waals surface area contributed by atoms with Crippen molar-refractivity contribution in [1.29, 1.82) is 0 Å². The van der Waals surface area contributed by atoms with Crippen LogP contribution in [0, 0.1) is 10.5 Å². The number of nitrogens with zero attached hydrogens (tertiary/aromatic N) is 1. The Balaban J connectivity index is 2.00. The Morgan fingerprint density at radius 3 is 2.56 bits per heavy atom. The van der Waals surface area contributed by atoms with Crippen molar-refractivity contribution in [3.05, 3.63) is 62.7 Å². The van der Waals surface area contributed by atoms with Crippen LogP contribution in [0.15, 0.2) is 48.0 Å². The van der Waals surface area contributed by atoms with E-state index < -0.39 is 17.8 Å². The Hall–Kier alpha value is -2.68. The number of aryl methyl sites for hydroxylation is 1. The average Bonchev–Trinajstić information content (AvgIpc) is 2.62. The Labute approximate surface area is 170 Å². The second-order valence-electron chi connectivity index (χ2n) is 5.87. The molecule has 27 heavy (non-hydrogen) atoms. The fraction of sp³-hybridized carbons (Fsp3) is 0.150. The summed E-state index contributed by atoms with van der Waals surface area (Å²) in [5, 5.41) is 2.23. The molecule has 6 nitrogen and oxygen atoms in total. The van der Waals surface area contributed by atoms with Gasteiger partial charge in [-0.2, -0.15) is 0 Å². The summed E-state index contributed by atoms with van der Waals surface area (Å²) in [5.41, 5.74) is 1.77. The van der Waals surface area contributed by atoms with E-state index in [1.165, 1.54) is 6.08 Å². The monoisotopic (exact) mass is 476 g/mol. The van der Waals surface area contributed by atoms with E-state index in [4.69, 9.17) is 4.74 Å². The number of nitrogens with one attached hydrogen (secondary N) is 1. The van der Waals surface area contributed by atoms with Crippen LogP contribution < -0.4 is 15.0 Å². The van der Waals surface area contributed by atoms with Crippen LogP contribution >= 0.6 is 22.6 Å². The number of rotatable bonds is 4. The molecule has 2 aromatic rings. The van der Waals surface area contributed by atoms with E-state index in [1.54, 1.807) is 37.3 Å². The van der Waals surface area contributed by atoms with Gasteiger partial charge in [0.15, 0.2) is 0 Å². The summed E-state index contributed by atoms with van der Waals surface area (Å²) < 4.78 is 6.36. The molecule has 138 valence electrons. The minimum absolute atomic E-state index is 0.0992. The fourth-order valence-corrected chi connectivity index (χ4v) is 3.43. The third-order valence-electron chi connectivity index (χ3n) is 4.02. The van der Waals surface area contributed by atoms with Crippen molar-refractivity contribution in [3.63, 3.8) is 0 Å². The van der Waals surface area contributed by atoms with Gasteiger partial charge >= 0.3 is 6.03 Å². The summed E-state index contributed by atoms with van der Waals surface area (Å²) in [6.45, 7) is 4.24. The molecule has 4 amide bonds. The Morgan fingerprint density at radius 1 is 1.15 bits per heavy atom. The predicted molar refractivity (Wildman–Crippen MR) is 111 cm³/mol. The zero-order chi connectivity index (χ0) is 19.6. The van der Waals surface area contributed by atoms with Crippen molar-refractivity contribution in [2.24, 2.45) is 0 Å². The number of hydrogen-bond acceptors (Lipinski definition) is 4. The SMILES string of the molecule is CCOc1ccc(/C=C2/C(=O)NC(=O)N(c3ccccc3C)C2=O)cc1I. The topological polar surface area (TPSA) is 75.7 Å². The average molecular weight is 476 g/mol. The van der Waals surface area contributed by atoms with E-state index in [2.05, 4.69) is 27.9 Å². The zero-order valence-corrected chi connectivity index (χ0v) is 16.9. The number of halogens is 1. The number of hydrogen-bond donors (Lipinski definition) is 1. The number of carbonyl (C=O) groups excluding carboxylic acids is 3. The minimum Gasteiger partial charge on any atom is -0.493 e. The molecule has 7 heteroatoms. The number of imide groups is 2. The predicted octanol–water partition coefficient (Wildman–Crippen LogP) is 3.66. The third-order valence-corrected chi connectivity index (χ3v) is 4.87. The van der Waals surface area contributed by atoms with Gasteiger partial charge in [0, 0.05) is 0 Å². The maximum absolute atomic E-state index is 12.9. The molecule has 1 aliphatic heterocycles. The molecule has 0 atom stereocenters. The largest absolute Gasteiger partial charge is 0.493 e. The first-order valence-corrected chi connectivity index (χ1v) is 9.39. The molecule has 0 spiro atoms. The quantitative estimate of drug-likeness (QED) is 0.415. The minimum atomic E-state index is -0.752. The molecule has 1 N–H and O–H groups in total. The first kappa shape index (κ1) is 19.1. The summed E-state index contributed by atoms with van der Waals surface area (Å²) in [6, 6.07) is 11.6. The molecule has 1 saturated heterocycles. The number of anilines is 1. The van der Waals surface area contributed by atoms with Gasteiger partial charge in [-0.25, -0.2) is 9.69 Å². The standard InChI is InChI=1S/C20H17IN2O4/c1-3-27-17-9-8-13(11-15(17)21)10-14-18(24)22-20(26)23(19(14)25)16-7-5-4-6-12(16)2/h4-11H,3H2,1-2H3,(H,22,24,26)/b14-10-. The normalized spacial score (nSPS) is 15.9. The van der Waals surface area contributed by atoms with Gasteiger partial charge in [0.1, 0.15) is 11.3 Å². The third kappa shape index (κ3) is 3.87. The molecule has 1 aliphatic rings. The van der Waals surface area contributed by atoms with Crippen LogP contribution in [0.4, 0.5) is 10.5 Å². The summed E-state index contributed by atoms with van der Waals surface area (Å²) in [6.07, 6.45) is 1.48. The van der Waals surface area contributed by atoms with E-state index in [9.17, 15) is 14.4 Å². The van der Waals surface area contributed by atoms with Crippen LogP contribution in [0.1, 0.15) is 18.1 Å². The van der Waals surface area contributed by atoms with Gasteiger partial charge in [0.05, 0.1) is 15.9 Å². The zero-order valence-electron chi connectivity index (χ0n) is 14.8. The molecule has 2 aromatic carbocycles. The lowest BCUT2D eigenvalue weighted by molar-refractivity contribution is -0.122. The maximum atomic E-state index is 12.9. The van der Waals surface area contributed by atoms with E-state index in [1.807, 2.05) is 19.1 Å². The van der Waals surface area contributed by atoms with E-state index in [-0.39, 0.29) is 5.57 Å². The van der Waals surface area contributed by atoms with Crippen LogP contribution in [-0.4, -0.2) is 24.5 Å². The van der Waals surface area contributed by atoms with Crippen molar-refractivity contribution in [2.45, 2.75) is 13.8 Å². The maximum Gasteiger partial charge on any atom is 0.335 e. The molecular weight excluding hydrogens is 459 g/mol. The van der Waals surface area contributed by atoms with Crippen molar-refractivity contribution in [3.8, 4) is 5.75 Å². The lowest BCUT2D eigenvalue weighted by Crippen LogP contribution is -2.54. The Morgan fingerprint density at radius 2 is 1.89 bits per heavy atom. The number of ether oxygens (including phenoxy) is 1. The lowest BCUT2D eigenvalue weighted by Gasteiger charge is -2.27. The van der Waals surface area contributed by atoms with Crippen molar-refractivity contribution in [2.75, 3.05) is 11.5 Å². The van der Waals surface area contributed by atoms with Gasteiger partial charge in [-0.05, 0) is 71.8 Å². The number of urea groups is 1. The van der Waals surface area contributed by atoms with Gasteiger partial charge < -0.3 is 4.74 Å².